The van der Waals surface area contributed by atoms with Crippen LogP contribution in [0.3, 0.4) is 0 Å². The minimum atomic E-state index is -0.642. The van der Waals surface area contributed by atoms with Gasteiger partial charge in [-0.05, 0) is 91.9 Å². The molecule has 0 aromatic carbocycles. The van der Waals surface area contributed by atoms with E-state index in [1.165, 1.54) is 0 Å². The number of esters is 1. The van der Waals surface area contributed by atoms with Crippen LogP contribution in [0.2, 0.25) is 0 Å². The van der Waals surface area contributed by atoms with Crippen LogP contribution in [0.4, 0.5) is 0 Å². The first kappa shape index (κ1) is 19.1. The molecule has 4 nitrogen and oxygen atoms in total. The van der Waals surface area contributed by atoms with Crippen LogP contribution in [0.5, 0.6) is 0 Å². The molecule has 0 saturated heterocycles. The van der Waals surface area contributed by atoms with Crippen molar-refractivity contribution in [1.29, 1.82) is 0 Å². The Labute approximate surface area is 168 Å². The van der Waals surface area contributed by atoms with Crippen LogP contribution in [0.15, 0.2) is 11.6 Å². The van der Waals surface area contributed by atoms with Crippen molar-refractivity contribution >= 4 is 5.97 Å². The topological polar surface area (TPSA) is 66.8 Å². The molecule has 0 bridgehead atoms. The molecule has 0 radical (unpaired) electrons. The average molecular weight is 389 g/mol. The van der Waals surface area contributed by atoms with Gasteiger partial charge in [0.1, 0.15) is 6.61 Å². The second-order valence-corrected chi connectivity index (χ2v) is 11.2. The van der Waals surface area contributed by atoms with Gasteiger partial charge in [0.2, 0.25) is 0 Å². The lowest BCUT2D eigenvalue weighted by molar-refractivity contribution is -0.219. The van der Waals surface area contributed by atoms with Gasteiger partial charge in [0, 0.05) is 11.5 Å². The van der Waals surface area contributed by atoms with E-state index in [0.717, 1.165) is 56.9 Å². The highest BCUT2D eigenvalue weighted by molar-refractivity contribution is 5.85. The third kappa shape index (κ3) is 2.28. The van der Waals surface area contributed by atoms with Crippen molar-refractivity contribution in [3.05, 3.63) is 11.6 Å². The maximum absolute atomic E-state index is 12.2. The molecule has 0 aromatic rings. The van der Waals surface area contributed by atoms with Crippen LogP contribution < -0.4 is 0 Å². The summed E-state index contributed by atoms with van der Waals surface area (Å²) in [7, 11) is 0. The second kappa shape index (κ2) is 6.07. The summed E-state index contributed by atoms with van der Waals surface area (Å²) in [4.78, 5) is 11.7. The molecule has 1 heterocycles. The van der Waals surface area contributed by atoms with Gasteiger partial charge in [-0.2, -0.15) is 0 Å². The first-order valence-electron chi connectivity index (χ1n) is 11.5. The normalized spacial score (nSPS) is 55.8. The fourth-order valence-electron chi connectivity index (χ4n) is 8.85. The van der Waals surface area contributed by atoms with Crippen molar-refractivity contribution in [2.24, 2.45) is 40.4 Å². The van der Waals surface area contributed by atoms with Crippen molar-refractivity contribution in [3.63, 3.8) is 0 Å². The monoisotopic (exact) mass is 388 g/mol. The van der Waals surface area contributed by atoms with E-state index in [2.05, 4.69) is 20.8 Å². The molecule has 5 aliphatic rings. The van der Waals surface area contributed by atoms with Gasteiger partial charge in [0.05, 0.1) is 11.7 Å². The summed E-state index contributed by atoms with van der Waals surface area (Å²) in [6.07, 6.45) is 9.60. The van der Waals surface area contributed by atoms with Crippen LogP contribution in [0.25, 0.3) is 0 Å². The standard InChI is InChI=1S/C24H36O4/c1-14-10-17(25)12-16-4-5-20-19(23(14,16)3)6-8-22(2)18(7-9-24(20,22)27)15-11-21(26)28-13-15/h11,14,16-20,25,27H,4-10,12-13H2,1-3H3/t14-,16+,17-,18+,19-,20+,22+,23-,24-/m0/s1. The van der Waals surface area contributed by atoms with E-state index in [1.54, 1.807) is 6.08 Å². The fourth-order valence-corrected chi connectivity index (χ4v) is 8.85. The molecule has 4 heteroatoms. The highest BCUT2D eigenvalue weighted by Gasteiger charge is 2.68. The molecule has 4 saturated carbocycles. The highest BCUT2D eigenvalue weighted by atomic mass is 16.5. The number of aliphatic hydroxyl groups excluding tert-OH is 1. The number of rotatable bonds is 1. The Morgan fingerprint density at radius 3 is 2.57 bits per heavy atom. The van der Waals surface area contributed by atoms with Gasteiger partial charge in [0.15, 0.2) is 0 Å². The average Bonchev–Trinajstić information content (AvgIpc) is 3.17. The highest BCUT2D eigenvalue weighted by Crippen LogP contribution is 2.70. The van der Waals surface area contributed by atoms with Gasteiger partial charge in [0.25, 0.3) is 0 Å². The fraction of sp³-hybridized carbons (Fsp3) is 0.875. The van der Waals surface area contributed by atoms with Crippen LogP contribution >= 0.6 is 0 Å². The number of carbonyl (C=O) groups excluding carboxylic acids is 1. The Morgan fingerprint density at radius 1 is 1.07 bits per heavy atom. The Balaban J connectivity index is 1.49. The van der Waals surface area contributed by atoms with E-state index in [9.17, 15) is 15.0 Å². The van der Waals surface area contributed by atoms with Crippen LogP contribution in [-0.2, 0) is 9.53 Å². The summed E-state index contributed by atoms with van der Waals surface area (Å²) in [6.45, 7) is 7.50. The second-order valence-electron chi connectivity index (χ2n) is 11.2. The number of aliphatic hydroxyl groups is 2. The van der Waals surface area contributed by atoms with Crippen molar-refractivity contribution in [2.75, 3.05) is 6.61 Å². The van der Waals surface area contributed by atoms with Crippen LogP contribution in [-0.4, -0.2) is 34.5 Å². The van der Waals surface area contributed by atoms with Crippen molar-refractivity contribution in [2.45, 2.75) is 83.8 Å². The summed E-state index contributed by atoms with van der Waals surface area (Å²) < 4.78 is 5.22. The molecule has 1 aliphatic heterocycles. The van der Waals surface area contributed by atoms with E-state index in [4.69, 9.17) is 4.74 Å². The largest absolute Gasteiger partial charge is 0.458 e. The summed E-state index contributed by atoms with van der Waals surface area (Å²) in [6, 6.07) is 0. The molecule has 0 unspecified atom stereocenters. The van der Waals surface area contributed by atoms with Crippen LogP contribution in [0.1, 0.15) is 72.1 Å². The minimum Gasteiger partial charge on any atom is -0.458 e. The van der Waals surface area contributed by atoms with Gasteiger partial charge < -0.3 is 14.9 Å². The van der Waals surface area contributed by atoms with Crippen molar-refractivity contribution in [3.8, 4) is 0 Å². The van der Waals surface area contributed by atoms with E-state index >= 15 is 0 Å². The molecule has 0 spiro atoms. The van der Waals surface area contributed by atoms with E-state index in [1.807, 2.05) is 0 Å². The maximum Gasteiger partial charge on any atom is 0.331 e. The smallest absolute Gasteiger partial charge is 0.331 e. The van der Waals surface area contributed by atoms with Gasteiger partial charge in [-0.15, -0.1) is 0 Å². The third-order valence-corrected chi connectivity index (χ3v) is 10.5. The molecular weight excluding hydrogens is 352 g/mol. The number of hydrogen-bond donors (Lipinski definition) is 2. The SMILES string of the molecule is C[C@H]1C[C@H](O)C[C@H]2CC[C@@H]3[C@H](CC[C@]4(C)[C@@H](C5=CC(=O)OC5)CC[C@]34O)[C@]21C. The predicted molar refractivity (Wildman–Crippen MR) is 106 cm³/mol. The molecule has 2 N–H and O–H groups in total. The lowest BCUT2D eigenvalue weighted by Gasteiger charge is -2.65. The zero-order valence-electron chi connectivity index (χ0n) is 17.6. The molecule has 156 valence electrons. The first-order valence-corrected chi connectivity index (χ1v) is 11.5. The quantitative estimate of drug-likeness (QED) is 0.670. The molecule has 4 fully saturated rings. The molecule has 9 atom stereocenters. The van der Waals surface area contributed by atoms with Crippen molar-refractivity contribution < 1.29 is 19.7 Å². The summed E-state index contributed by atoms with van der Waals surface area (Å²) >= 11 is 0. The van der Waals surface area contributed by atoms with Gasteiger partial charge >= 0.3 is 5.97 Å². The van der Waals surface area contributed by atoms with E-state index in [0.29, 0.717) is 30.3 Å². The number of carbonyl (C=O) groups is 1. The van der Waals surface area contributed by atoms with Gasteiger partial charge in [-0.1, -0.05) is 20.8 Å². The first-order chi connectivity index (χ1) is 13.2. The zero-order chi connectivity index (χ0) is 19.9. The van der Waals surface area contributed by atoms with E-state index in [-0.39, 0.29) is 28.8 Å². The Kier molecular flexibility index (Phi) is 4.15. The number of cyclic esters (lactones) is 1. The maximum atomic E-state index is 12.2. The zero-order valence-corrected chi connectivity index (χ0v) is 17.6. The third-order valence-electron chi connectivity index (χ3n) is 10.5. The predicted octanol–water partition coefficient (Wildman–Crippen LogP) is 3.85. The Bertz CT molecular complexity index is 715. The van der Waals surface area contributed by atoms with Crippen LogP contribution in [0, 0.1) is 40.4 Å². The molecule has 0 aromatic heterocycles. The molecule has 0 amide bonds. The van der Waals surface area contributed by atoms with Gasteiger partial charge in [-0.3, -0.25) is 0 Å². The molecule has 28 heavy (non-hydrogen) atoms. The summed E-state index contributed by atoms with van der Waals surface area (Å²) in [5.74, 6) is 2.02. The van der Waals surface area contributed by atoms with Gasteiger partial charge in [-0.25, -0.2) is 4.79 Å². The molecule has 4 aliphatic carbocycles. The van der Waals surface area contributed by atoms with E-state index < -0.39 is 5.60 Å². The molecular formula is C24H36O4. The number of ether oxygens (including phenoxy) is 1. The Morgan fingerprint density at radius 2 is 1.86 bits per heavy atom. The summed E-state index contributed by atoms with van der Waals surface area (Å²) in [5.41, 5.74) is 0.532. The summed E-state index contributed by atoms with van der Waals surface area (Å²) in [5, 5.41) is 22.6. The molecule has 5 rings (SSSR count). The lowest BCUT2D eigenvalue weighted by atomic mass is 9.41. The lowest BCUT2D eigenvalue weighted by Crippen LogP contribution is -2.63. The number of hydrogen-bond acceptors (Lipinski definition) is 4. The van der Waals surface area contributed by atoms with Crippen molar-refractivity contribution in [1.82, 2.24) is 0 Å². The Hall–Kier alpha value is -0.870. The number of fused-ring (bicyclic) bond motifs is 5. The minimum absolute atomic E-state index is 0.149.